The van der Waals surface area contributed by atoms with Crippen molar-refractivity contribution in [2.24, 2.45) is 5.92 Å². The van der Waals surface area contributed by atoms with Crippen molar-refractivity contribution < 1.29 is 13.9 Å². The maximum Gasteiger partial charge on any atom is 0.229 e. The average molecular weight is 536 g/mol. The number of nitrogens with one attached hydrogen (secondary N) is 1. The number of rotatable bonds is 7. The molecule has 4 heterocycles. The lowest BCUT2D eigenvalue weighted by molar-refractivity contribution is 0.0983. The highest BCUT2D eigenvalue weighted by Crippen LogP contribution is 2.32. The molecule has 3 aromatic heterocycles. The van der Waals surface area contributed by atoms with Crippen LogP contribution < -0.4 is 5.32 Å². The van der Waals surface area contributed by atoms with Crippen molar-refractivity contribution in [3.63, 3.8) is 0 Å². The van der Waals surface area contributed by atoms with Gasteiger partial charge in [-0.05, 0) is 89.3 Å². The Morgan fingerprint density at radius 2 is 1.87 bits per heavy atom. The van der Waals surface area contributed by atoms with E-state index in [1.54, 1.807) is 18.3 Å². The molecule has 206 valence electrons. The van der Waals surface area contributed by atoms with Gasteiger partial charge in [-0.15, -0.1) is 0 Å². The Labute approximate surface area is 227 Å². The van der Waals surface area contributed by atoms with Gasteiger partial charge in [0.2, 0.25) is 5.95 Å². The lowest BCUT2D eigenvalue weighted by Gasteiger charge is -2.22. The highest BCUT2D eigenvalue weighted by Gasteiger charge is 2.24. The molecule has 4 aromatic rings. The maximum absolute atomic E-state index is 15.0. The van der Waals surface area contributed by atoms with Crippen molar-refractivity contribution in [2.75, 3.05) is 25.0 Å². The molecule has 0 aliphatic carbocycles. The van der Waals surface area contributed by atoms with Crippen molar-refractivity contribution in [3.8, 4) is 11.3 Å². The first-order valence-electron chi connectivity index (χ1n) is 13.6. The number of pyridine rings is 1. The van der Waals surface area contributed by atoms with Crippen LogP contribution in [0.4, 0.5) is 20.5 Å². The number of aryl methyl sites for hydroxylation is 1. The monoisotopic (exact) mass is 535 g/mol. The number of benzene rings is 1. The predicted molar refractivity (Wildman–Crippen MR) is 148 cm³/mol. The highest BCUT2D eigenvalue weighted by atomic mass is 19.1. The van der Waals surface area contributed by atoms with Gasteiger partial charge in [0.25, 0.3) is 0 Å². The van der Waals surface area contributed by atoms with Crippen LogP contribution in [0.15, 0.2) is 36.7 Å². The minimum atomic E-state index is -0.664. The predicted octanol–water partition coefficient (Wildman–Crippen LogP) is 5.95. The van der Waals surface area contributed by atoms with Gasteiger partial charge < -0.3 is 19.9 Å². The first-order chi connectivity index (χ1) is 18.7. The van der Waals surface area contributed by atoms with Crippen LogP contribution in [0.3, 0.4) is 0 Å². The van der Waals surface area contributed by atoms with Crippen LogP contribution >= 0.6 is 0 Å². The maximum atomic E-state index is 15.0. The Morgan fingerprint density at radius 1 is 1.05 bits per heavy atom. The minimum Gasteiger partial charge on any atom is -0.388 e. The summed E-state index contributed by atoms with van der Waals surface area (Å²) < 4.78 is 31.7. The summed E-state index contributed by atoms with van der Waals surface area (Å²) in [7, 11) is 0. The molecule has 8 nitrogen and oxygen atoms in total. The zero-order valence-corrected chi connectivity index (χ0v) is 22.8. The number of hydrogen-bond acceptors (Lipinski definition) is 7. The molecule has 0 amide bonds. The fraction of sp³-hybridized carbons (Fsp3) is 0.448. The second kappa shape index (κ2) is 11.3. The number of fused-ring (bicyclic) bond motifs is 1. The molecule has 1 aliphatic rings. The Hall–Kier alpha value is -3.50. The van der Waals surface area contributed by atoms with Crippen molar-refractivity contribution in [2.45, 2.75) is 59.1 Å². The molecule has 1 aromatic carbocycles. The largest absolute Gasteiger partial charge is 0.388 e. The standard InChI is InChI=1S/C29H35F2N7O/c1-5-37-11-6-7-19(10-12-37)28(39)20-8-9-25(32-15-20)35-29-33-16-23(31)26(36-29)21-13-22(30)27-24(14-21)38(17(2)3)18(4)34-27/h8-9,13-17,19,28,39H,5-7,10-12H2,1-4H3,(H,32,33,35,36)/t19?,28-/m1/s1. The third-order valence-corrected chi connectivity index (χ3v) is 7.59. The first-order valence-corrected chi connectivity index (χ1v) is 13.6. The van der Waals surface area contributed by atoms with Crippen LogP contribution in [-0.4, -0.2) is 54.1 Å². The minimum absolute atomic E-state index is 0.0241. The van der Waals surface area contributed by atoms with Gasteiger partial charge in [-0.2, -0.15) is 0 Å². The Kier molecular flexibility index (Phi) is 7.86. The molecular formula is C29H35F2N7O. The molecule has 1 fully saturated rings. The normalized spacial score (nSPS) is 17.5. The molecule has 2 atom stereocenters. The van der Waals surface area contributed by atoms with E-state index in [9.17, 15) is 13.9 Å². The number of aromatic nitrogens is 5. The number of hydrogen-bond donors (Lipinski definition) is 2. The highest BCUT2D eigenvalue weighted by molar-refractivity contribution is 5.83. The number of aliphatic hydroxyl groups excluding tert-OH is 1. The van der Waals surface area contributed by atoms with E-state index in [1.807, 2.05) is 31.4 Å². The Balaban J connectivity index is 1.36. The van der Waals surface area contributed by atoms with Crippen LogP contribution in [0.25, 0.3) is 22.3 Å². The molecule has 0 radical (unpaired) electrons. The molecule has 39 heavy (non-hydrogen) atoms. The fourth-order valence-corrected chi connectivity index (χ4v) is 5.54. The van der Waals surface area contributed by atoms with Crippen molar-refractivity contribution in [3.05, 3.63) is 59.7 Å². The molecule has 0 spiro atoms. The first kappa shape index (κ1) is 27.1. The molecule has 0 saturated carbocycles. The Bertz CT molecular complexity index is 1450. The van der Waals surface area contributed by atoms with Gasteiger partial charge >= 0.3 is 0 Å². The number of nitrogens with zero attached hydrogens (tertiary/aromatic N) is 6. The second-order valence-electron chi connectivity index (χ2n) is 10.5. The van der Waals surface area contributed by atoms with Gasteiger partial charge in [0.15, 0.2) is 11.6 Å². The summed E-state index contributed by atoms with van der Waals surface area (Å²) in [6.07, 6.45) is 5.13. The summed E-state index contributed by atoms with van der Waals surface area (Å²) in [6.45, 7) is 11.1. The van der Waals surface area contributed by atoms with E-state index in [4.69, 9.17) is 0 Å². The Morgan fingerprint density at radius 3 is 2.59 bits per heavy atom. The molecule has 5 rings (SSSR count). The molecule has 1 unspecified atom stereocenters. The summed E-state index contributed by atoms with van der Waals surface area (Å²) in [5.74, 6) is 0.260. The SMILES string of the molecule is CCN1CCCC([C@@H](O)c2ccc(Nc3ncc(F)c(-c4cc(F)c5nc(C)n(C(C)C)c5c4)n3)nc2)CC1. The van der Waals surface area contributed by atoms with E-state index in [1.165, 1.54) is 6.07 Å². The van der Waals surface area contributed by atoms with Gasteiger partial charge in [-0.1, -0.05) is 13.0 Å². The van der Waals surface area contributed by atoms with Gasteiger partial charge in [0.05, 0.1) is 17.8 Å². The van der Waals surface area contributed by atoms with Gasteiger partial charge in [-0.25, -0.2) is 28.7 Å². The molecule has 10 heteroatoms. The van der Waals surface area contributed by atoms with E-state index in [0.29, 0.717) is 22.7 Å². The number of halogens is 2. The van der Waals surface area contributed by atoms with E-state index in [-0.39, 0.29) is 29.1 Å². The third kappa shape index (κ3) is 5.62. The van der Waals surface area contributed by atoms with Crippen LogP contribution in [0.2, 0.25) is 0 Å². The molecular weight excluding hydrogens is 500 g/mol. The van der Waals surface area contributed by atoms with Crippen LogP contribution in [0.5, 0.6) is 0 Å². The fourth-order valence-electron chi connectivity index (χ4n) is 5.54. The third-order valence-electron chi connectivity index (χ3n) is 7.59. The number of anilines is 2. The van der Waals surface area contributed by atoms with Crippen molar-refractivity contribution in [1.29, 1.82) is 0 Å². The topological polar surface area (TPSA) is 92.0 Å². The van der Waals surface area contributed by atoms with Crippen molar-refractivity contribution in [1.82, 2.24) is 29.4 Å². The van der Waals surface area contributed by atoms with Crippen molar-refractivity contribution >= 4 is 22.8 Å². The van der Waals surface area contributed by atoms with Gasteiger partial charge in [0, 0.05) is 17.8 Å². The lowest BCUT2D eigenvalue weighted by Crippen LogP contribution is -2.24. The van der Waals surface area contributed by atoms with Crippen LogP contribution in [-0.2, 0) is 0 Å². The van der Waals surface area contributed by atoms with E-state index >= 15 is 0 Å². The summed E-state index contributed by atoms with van der Waals surface area (Å²) in [6, 6.07) is 6.59. The summed E-state index contributed by atoms with van der Waals surface area (Å²) in [5, 5.41) is 14.0. The number of aliphatic hydroxyl groups is 1. The smallest absolute Gasteiger partial charge is 0.229 e. The molecule has 2 N–H and O–H groups in total. The summed E-state index contributed by atoms with van der Waals surface area (Å²) in [5.41, 5.74) is 1.86. The van der Waals surface area contributed by atoms with E-state index in [2.05, 4.69) is 37.1 Å². The van der Waals surface area contributed by atoms with Crippen LogP contribution in [0.1, 0.15) is 63.6 Å². The second-order valence-corrected chi connectivity index (χ2v) is 10.5. The quantitative estimate of drug-likeness (QED) is 0.302. The zero-order chi connectivity index (χ0) is 27.7. The number of likely N-dealkylation sites (tertiary alicyclic amines) is 1. The molecule has 1 saturated heterocycles. The lowest BCUT2D eigenvalue weighted by atomic mass is 9.90. The van der Waals surface area contributed by atoms with Gasteiger partial charge in [0.1, 0.15) is 22.9 Å². The van der Waals surface area contributed by atoms with Gasteiger partial charge in [-0.3, -0.25) is 0 Å². The molecule has 0 bridgehead atoms. The van der Waals surface area contributed by atoms with E-state index in [0.717, 1.165) is 50.7 Å². The average Bonchev–Trinajstić information content (AvgIpc) is 3.09. The van der Waals surface area contributed by atoms with Crippen LogP contribution in [0, 0.1) is 24.5 Å². The number of imidazole rings is 1. The summed E-state index contributed by atoms with van der Waals surface area (Å²) >= 11 is 0. The van der Waals surface area contributed by atoms with E-state index < -0.39 is 17.7 Å². The zero-order valence-electron chi connectivity index (χ0n) is 22.8. The molecule has 1 aliphatic heterocycles. The summed E-state index contributed by atoms with van der Waals surface area (Å²) in [4.78, 5) is 19.6.